The van der Waals surface area contributed by atoms with Gasteiger partial charge in [0, 0.05) is 6.54 Å². The molecule has 19 heavy (non-hydrogen) atoms. The first kappa shape index (κ1) is 16.6. The lowest BCUT2D eigenvalue weighted by Gasteiger charge is -2.42. The van der Waals surface area contributed by atoms with Gasteiger partial charge >= 0.3 is 5.97 Å². The molecule has 1 saturated heterocycles. The van der Waals surface area contributed by atoms with Gasteiger partial charge in [0.15, 0.2) is 6.04 Å². The van der Waals surface area contributed by atoms with E-state index < -0.39 is 23.1 Å². The number of quaternary nitrogens is 1. The van der Waals surface area contributed by atoms with Crippen LogP contribution in [0.2, 0.25) is 0 Å². The number of alkyl halides is 1. The zero-order valence-corrected chi connectivity index (χ0v) is 11.7. The molecule has 5 unspecified atom stereocenters. The number of ether oxygens (including phenoxy) is 1. The summed E-state index contributed by atoms with van der Waals surface area (Å²) in [7, 11) is 0. The Balaban J connectivity index is 2.45. The average Bonchev–Trinajstić information content (AvgIpc) is 2.27. The topological polar surface area (TPSA) is 110 Å². The number of carbonyl (C=O) groups is 1. The van der Waals surface area contributed by atoms with Gasteiger partial charge in [0.25, 0.3) is 0 Å². The maximum atomic E-state index is 11.2. The Morgan fingerprint density at radius 1 is 1.58 bits per heavy atom. The molecule has 0 spiro atoms. The number of rotatable bonds is 6. The third kappa shape index (κ3) is 5.19. The Hall–Kier alpha value is -0.480. The van der Waals surface area contributed by atoms with Gasteiger partial charge in [-0.25, -0.2) is 10.4 Å². The van der Waals surface area contributed by atoms with Crippen molar-refractivity contribution in [2.24, 2.45) is 0 Å². The lowest BCUT2D eigenvalue weighted by Crippen LogP contribution is -3.14. The van der Waals surface area contributed by atoms with E-state index in [1.54, 1.807) is 13.8 Å². The fourth-order valence-electron chi connectivity index (χ4n) is 2.04. The summed E-state index contributed by atoms with van der Waals surface area (Å²) in [5.74, 6) is -0.314. The minimum Gasteiger partial charge on any atom is -0.600 e. The van der Waals surface area contributed by atoms with E-state index in [9.17, 15) is 15.2 Å². The average molecular weight is 297 g/mol. The van der Waals surface area contributed by atoms with Crippen molar-refractivity contribution in [3.63, 3.8) is 0 Å². The highest BCUT2D eigenvalue weighted by Crippen LogP contribution is 2.05. The first-order valence-electron chi connectivity index (χ1n) is 6.23. The quantitative estimate of drug-likeness (QED) is 0.168. The fourth-order valence-corrected chi connectivity index (χ4v) is 2.37. The highest BCUT2D eigenvalue weighted by molar-refractivity contribution is 6.20. The molecule has 8 nitrogen and oxygen atoms in total. The molecule has 1 fully saturated rings. The second-order valence-electron chi connectivity index (χ2n) is 4.34. The van der Waals surface area contributed by atoms with Crippen LogP contribution < -0.4 is 21.2 Å². The molecule has 0 bridgehead atoms. The molecule has 0 aromatic heterocycles. The van der Waals surface area contributed by atoms with E-state index in [1.165, 1.54) is 0 Å². The number of hydroxylamine groups is 2. The van der Waals surface area contributed by atoms with Gasteiger partial charge < -0.3 is 9.94 Å². The SMILES string of the molecule is CCOC(=O)CCNC1NC(Cl)NC(C)C1[NH+]([O-])O. The highest BCUT2D eigenvalue weighted by atomic mass is 35.5. The summed E-state index contributed by atoms with van der Waals surface area (Å²) in [6.07, 6.45) is -0.307. The van der Waals surface area contributed by atoms with Crippen LogP contribution in [0.25, 0.3) is 0 Å². The highest BCUT2D eigenvalue weighted by Gasteiger charge is 2.38. The van der Waals surface area contributed by atoms with Gasteiger partial charge in [0.1, 0.15) is 11.8 Å². The molecule has 0 aliphatic carbocycles. The first-order chi connectivity index (χ1) is 8.95. The maximum absolute atomic E-state index is 11.2. The second kappa shape index (κ2) is 7.95. The Morgan fingerprint density at radius 2 is 2.26 bits per heavy atom. The van der Waals surface area contributed by atoms with Crippen molar-refractivity contribution in [1.82, 2.24) is 16.0 Å². The molecule has 5 N–H and O–H groups in total. The summed E-state index contributed by atoms with van der Waals surface area (Å²) < 4.78 is 4.79. The zero-order chi connectivity index (χ0) is 14.4. The molecule has 0 radical (unpaired) electrons. The van der Waals surface area contributed by atoms with Crippen LogP contribution in [0.15, 0.2) is 0 Å². The van der Waals surface area contributed by atoms with Crippen molar-refractivity contribution in [1.29, 1.82) is 0 Å². The number of hydrogen-bond donors (Lipinski definition) is 5. The molecular weight excluding hydrogens is 276 g/mol. The zero-order valence-electron chi connectivity index (χ0n) is 11.0. The largest absolute Gasteiger partial charge is 0.600 e. The van der Waals surface area contributed by atoms with E-state index in [0.29, 0.717) is 13.2 Å². The van der Waals surface area contributed by atoms with E-state index in [1.807, 2.05) is 0 Å². The van der Waals surface area contributed by atoms with E-state index >= 15 is 0 Å². The number of hydrogen-bond acceptors (Lipinski definition) is 7. The van der Waals surface area contributed by atoms with Gasteiger partial charge in [-0.2, -0.15) is 0 Å². The van der Waals surface area contributed by atoms with Crippen LogP contribution in [0.5, 0.6) is 0 Å². The van der Waals surface area contributed by atoms with E-state index in [0.717, 1.165) is 0 Å². The minimum atomic E-state index is -0.926. The standard InChI is InChI=1S/C10H21ClN4O4/c1-3-19-7(16)4-5-12-9-8(15(17)18)6(2)13-10(11)14-9/h6,8-10,12-15,17H,3-5H2,1-2H3. The van der Waals surface area contributed by atoms with E-state index in [2.05, 4.69) is 16.0 Å². The van der Waals surface area contributed by atoms with Crippen LogP contribution in [0.3, 0.4) is 0 Å². The van der Waals surface area contributed by atoms with Gasteiger partial charge in [-0.1, -0.05) is 11.6 Å². The third-order valence-electron chi connectivity index (χ3n) is 2.92. The van der Waals surface area contributed by atoms with E-state index in [-0.39, 0.29) is 18.4 Å². The van der Waals surface area contributed by atoms with Crippen molar-refractivity contribution in [3.05, 3.63) is 5.21 Å². The molecular formula is C10H21ClN4O4. The number of nitrogens with one attached hydrogen (secondary N) is 4. The molecule has 0 aromatic rings. The Morgan fingerprint density at radius 3 is 2.84 bits per heavy atom. The number of esters is 1. The summed E-state index contributed by atoms with van der Waals surface area (Å²) in [6, 6.07) is -0.946. The van der Waals surface area contributed by atoms with Crippen molar-refractivity contribution in [2.75, 3.05) is 13.2 Å². The first-order valence-corrected chi connectivity index (χ1v) is 6.67. The van der Waals surface area contributed by atoms with Crippen LogP contribution >= 0.6 is 11.6 Å². The summed E-state index contributed by atoms with van der Waals surface area (Å²) in [5.41, 5.74) is -0.509. The van der Waals surface area contributed by atoms with Gasteiger partial charge in [-0.15, -0.1) is 0 Å². The molecule has 1 aliphatic heterocycles. The lowest BCUT2D eigenvalue weighted by atomic mass is 10.1. The molecule has 112 valence electrons. The molecule has 0 saturated carbocycles. The van der Waals surface area contributed by atoms with Gasteiger partial charge in [0.2, 0.25) is 0 Å². The smallest absolute Gasteiger partial charge is 0.307 e. The third-order valence-corrected chi connectivity index (χ3v) is 3.17. The van der Waals surface area contributed by atoms with Crippen LogP contribution in [0, 0.1) is 5.21 Å². The molecule has 9 heteroatoms. The van der Waals surface area contributed by atoms with Gasteiger partial charge in [-0.3, -0.25) is 20.7 Å². The van der Waals surface area contributed by atoms with Crippen molar-refractivity contribution in [2.45, 2.75) is 44.1 Å². The predicted molar refractivity (Wildman–Crippen MR) is 68.3 cm³/mol. The van der Waals surface area contributed by atoms with Crippen LogP contribution in [-0.2, 0) is 9.53 Å². The summed E-state index contributed by atoms with van der Waals surface area (Å²) in [6.45, 7) is 4.16. The van der Waals surface area contributed by atoms with Crippen LogP contribution in [0.1, 0.15) is 20.3 Å². The maximum Gasteiger partial charge on any atom is 0.307 e. The predicted octanol–water partition coefficient (Wildman–Crippen LogP) is -1.90. The number of halogens is 1. The van der Waals surface area contributed by atoms with Gasteiger partial charge in [-0.05, 0) is 13.8 Å². The summed E-state index contributed by atoms with van der Waals surface area (Å²) in [5, 5.41) is 28.3. The van der Waals surface area contributed by atoms with Crippen molar-refractivity contribution >= 4 is 17.6 Å². The molecule has 0 amide bonds. The normalized spacial score (nSPS) is 32.9. The van der Waals surface area contributed by atoms with Crippen LogP contribution in [-0.4, -0.2) is 48.2 Å². The molecule has 0 aromatic carbocycles. The monoisotopic (exact) mass is 296 g/mol. The second-order valence-corrected chi connectivity index (χ2v) is 4.77. The Labute approximate surface area is 117 Å². The molecule has 5 atom stereocenters. The van der Waals surface area contributed by atoms with E-state index in [4.69, 9.17) is 16.3 Å². The molecule has 1 aliphatic rings. The number of carbonyl (C=O) groups excluding carboxylic acids is 1. The van der Waals surface area contributed by atoms with Gasteiger partial charge in [0.05, 0.1) is 19.1 Å². The summed E-state index contributed by atoms with van der Waals surface area (Å²) >= 11 is 5.92. The molecule has 1 rings (SSSR count). The van der Waals surface area contributed by atoms with Crippen molar-refractivity contribution < 1.29 is 20.0 Å². The lowest BCUT2D eigenvalue weighted by molar-refractivity contribution is -1.07. The minimum absolute atomic E-state index is 0.188. The Kier molecular flexibility index (Phi) is 6.94. The Bertz CT molecular complexity index is 295. The van der Waals surface area contributed by atoms with Crippen LogP contribution in [0.4, 0.5) is 0 Å². The fraction of sp³-hybridized carbons (Fsp3) is 0.900. The molecule has 1 heterocycles. The van der Waals surface area contributed by atoms with Crippen molar-refractivity contribution in [3.8, 4) is 0 Å². The summed E-state index contributed by atoms with van der Waals surface area (Å²) in [4.78, 5) is 11.2.